The molecule has 3 aliphatic heterocycles. The van der Waals surface area contributed by atoms with Crippen molar-refractivity contribution in [2.45, 2.75) is 95.4 Å². The van der Waals surface area contributed by atoms with E-state index in [1.807, 2.05) is 6.07 Å². The number of hydrogen-bond donors (Lipinski definition) is 1. The Morgan fingerprint density at radius 2 is 1.92 bits per heavy atom. The number of primary amides is 1. The highest BCUT2D eigenvalue weighted by atomic mass is 19.1. The van der Waals surface area contributed by atoms with Gasteiger partial charge in [-0.05, 0) is 94.9 Å². The molecule has 0 spiro atoms. The third-order valence-electron chi connectivity index (χ3n) is 9.05. The number of Topliss-reactive ketones (excluding diaryl/α,β-unsaturated/α-hetero) is 1. The minimum atomic E-state index is -0.847. The van der Waals surface area contributed by atoms with Gasteiger partial charge in [-0.1, -0.05) is 12.1 Å². The fraction of sp³-hybridized carbons (Fsp3) is 0.700. The average molecular weight is 544 g/mol. The Morgan fingerprint density at radius 1 is 1.13 bits per heavy atom. The normalized spacial score (nSPS) is 29.6. The van der Waals surface area contributed by atoms with Crippen molar-refractivity contribution in [3.05, 3.63) is 35.1 Å². The van der Waals surface area contributed by atoms with Crippen molar-refractivity contribution < 1.29 is 28.2 Å². The average Bonchev–Trinajstić information content (AvgIpc) is 3.50. The summed E-state index contributed by atoms with van der Waals surface area (Å²) in [6, 6.07) is 4.99. The molecule has 2 bridgehead atoms. The SMILES string of the molecule is CC(C)(C)OC(=O)N1[C@@H]2CC[C@@H](C2)[C@H]1C(=O)C[C@@H](Cc1ccc([C@H]2CCN3CCOC[C@H]3C2)cc1F)C(N)=O. The predicted molar refractivity (Wildman–Crippen MR) is 144 cm³/mol. The van der Waals surface area contributed by atoms with Gasteiger partial charge in [-0.2, -0.15) is 0 Å². The molecule has 4 aliphatic rings. The van der Waals surface area contributed by atoms with Crippen LogP contribution in [0.5, 0.6) is 0 Å². The number of benzene rings is 1. The van der Waals surface area contributed by atoms with E-state index in [4.69, 9.17) is 15.2 Å². The summed E-state index contributed by atoms with van der Waals surface area (Å²) in [5.74, 6) is -1.73. The van der Waals surface area contributed by atoms with Gasteiger partial charge < -0.3 is 15.2 Å². The first kappa shape index (κ1) is 28.0. The predicted octanol–water partition coefficient (Wildman–Crippen LogP) is 3.80. The number of amides is 2. The minimum Gasteiger partial charge on any atom is -0.444 e. The highest BCUT2D eigenvalue weighted by molar-refractivity contribution is 5.92. The van der Waals surface area contributed by atoms with E-state index in [0.29, 0.717) is 11.6 Å². The summed E-state index contributed by atoms with van der Waals surface area (Å²) >= 11 is 0. The Morgan fingerprint density at radius 3 is 2.64 bits per heavy atom. The van der Waals surface area contributed by atoms with Crippen LogP contribution >= 0.6 is 0 Å². The summed E-state index contributed by atoms with van der Waals surface area (Å²) < 4.78 is 26.5. The molecule has 1 aromatic carbocycles. The van der Waals surface area contributed by atoms with E-state index >= 15 is 4.39 Å². The van der Waals surface area contributed by atoms with E-state index in [-0.39, 0.29) is 42.3 Å². The smallest absolute Gasteiger partial charge is 0.411 e. The number of nitrogens with zero attached hydrogens (tertiary/aromatic N) is 2. The zero-order valence-electron chi connectivity index (χ0n) is 23.4. The summed E-state index contributed by atoms with van der Waals surface area (Å²) in [5.41, 5.74) is 6.38. The van der Waals surface area contributed by atoms with E-state index < -0.39 is 29.6 Å². The molecular weight excluding hydrogens is 501 g/mol. The lowest BCUT2D eigenvalue weighted by Gasteiger charge is -2.42. The fourth-order valence-electron chi connectivity index (χ4n) is 7.14. The molecule has 1 saturated carbocycles. The van der Waals surface area contributed by atoms with Crippen LogP contribution in [-0.2, 0) is 25.5 Å². The van der Waals surface area contributed by atoms with Crippen LogP contribution < -0.4 is 5.73 Å². The largest absolute Gasteiger partial charge is 0.444 e. The standard InChI is InChI=1S/C30H42FN3O5/c1-30(2,3)39-29(37)34-23-7-6-21(14-23)27(34)26(35)16-22(28(32)36)12-20-5-4-18(15-25(20)31)19-8-9-33-10-11-38-17-24(33)13-19/h4-5,15,19,21-24,27H,6-14,16-17H2,1-3H3,(H2,32,36)/t19-,21-,22+,23+,24+,27-/m0/s1. The number of fused-ring (bicyclic) bond motifs is 3. The number of rotatable bonds is 7. The molecular formula is C30H42FN3O5. The molecule has 9 heteroatoms. The first-order chi connectivity index (χ1) is 18.5. The van der Waals surface area contributed by atoms with E-state index in [9.17, 15) is 14.4 Å². The molecule has 214 valence electrons. The maximum absolute atomic E-state index is 15.3. The van der Waals surface area contributed by atoms with Crippen molar-refractivity contribution >= 4 is 17.8 Å². The summed E-state index contributed by atoms with van der Waals surface area (Å²) in [6.45, 7) is 8.83. The van der Waals surface area contributed by atoms with Crippen molar-refractivity contribution in [2.75, 3.05) is 26.3 Å². The van der Waals surface area contributed by atoms with Crippen LogP contribution in [0.3, 0.4) is 0 Å². The second kappa shape index (κ2) is 11.2. The van der Waals surface area contributed by atoms with Gasteiger partial charge in [0, 0.05) is 31.0 Å². The van der Waals surface area contributed by atoms with Crippen molar-refractivity contribution in [3.63, 3.8) is 0 Å². The molecule has 6 atom stereocenters. The van der Waals surface area contributed by atoms with Gasteiger partial charge in [-0.25, -0.2) is 9.18 Å². The van der Waals surface area contributed by atoms with Crippen molar-refractivity contribution in [3.8, 4) is 0 Å². The van der Waals surface area contributed by atoms with Crippen LogP contribution in [0.2, 0.25) is 0 Å². The van der Waals surface area contributed by atoms with Gasteiger partial charge in [-0.3, -0.25) is 19.4 Å². The van der Waals surface area contributed by atoms with E-state index in [1.165, 1.54) is 0 Å². The Kier molecular flexibility index (Phi) is 8.02. The van der Waals surface area contributed by atoms with Gasteiger partial charge in [0.05, 0.1) is 19.3 Å². The number of carbonyl (C=O) groups excluding carboxylic acids is 3. The first-order valence-electron chi connectivity index (χ1n) is 14.4. The van der Waals surface area contributed by atoms with Crippen LogP contribution in [-0.4, -0.2) is 77.6 Å². The van der Waals surface area contributed by atoms with Crippen LogP contribution in [0, 0.1) is 17.7 Å². The van der Waals surface area contributed by atoms with Gasteiger partial charge in [0.15, 0.2) is 5.78 Å². The van der Waals surface area contributed by atoms with E-state index in [2.05, 4.69) is 4.90 Å². The number of piperidine rings is 2. The highest BCUT2D eigenvalue weighted by Crippen LogP contribution is 2.44. The summed E-state index contributed by atoms with van der Waals surface area (Å²) in [5, 5.41) is 0. The molecule has 2 N–H and O–H groups in total. The number of hydrogen-bond acceptors (Lipinski definition) is 6. The van der Waals surface area contributed by atoms with Crippen LogP contribution in [0.1, 0.15) is 76.3 Å². The van der Waals surface area contributed by atoms with Gasteiger partial charge in [0.1, 0.15) is 11.4 Å². The Labute approximate surface area is 230 Å². The minimum absolute atomic E-state index is 0.0251. The van der Waals surface area contributed by atoms with Gasteiger partial charge in [0.2, 0.25) is 5.91 Å². The van der Waals surface area contributed by atoms with Crippen molar-refractivity contribution in [1.82, 2.24) is 9.80 Å². The Bertz CT molecular complexity index is 1100. The number of ketones is 1. The number of ether oxygens (including phenoxy) is 2. The molecule has 5 rings (SSSR count). The number of nitrogens with two attached hydrogens (primary N) is 1. The molecule has 4 fully saturated rings. The van der Waals surface area contributed by atoms with E-state index in [0.717, 1.165) is 64.0 Å². The maximum atomic E-state index is 15.3. The van der Waals surface area contributed by atoms with Gasteiger partial charge in [0.25, 0.3) is 0 Å². The molecule has 39 heavy (non-hydrogen) atoms. The lowest BCUT2D eigenvalue weighted by molar-refractivity contribution is -0.131. The van der Waals surface area contributed by atoms with E-state index in [1.54, 1.807) is 37.8 Å². The van der Waals surface area contributed by atoms with Gasteiger partial charge in [-0.15, -0.1) is 0 Å². The third kappa shape index (κ3) is 6.14. The first-order valence-corrected chi connectivity index (χ1v) is 14.4. The molecule has 0 aromatic heterocycles. The Balaban J connectivity index is 1.25. The topological polar surface area (TPSA) is 102 Å². The molecule has 0 unspecified atom stereocenters. The highest BCUT2D eigenvalue weighted by Gasteiger charge is 2.52. The van der Waals surface area contributed by atoms with Crippen LogP contribution in [0.25, 0.3) is 0 Å². The maximum Gasteiger partial charge on any atom is 0.411 e. The zero-order valence-corrected chi connectivity index (χ0v) is 23.4. The molecule has 8 nitrogen and oxygen atoms in total. The van der Waals surface area contributed by atoms with Crippen LogP contribution in [0.15, 0.2) is 18.2 Å². The summed E-state index contributed by atoms with van der Waals surface area (Å²) in [7, 11) is 0. The molecule has 0 radical (unpaired) electrons. The van der Waals surface area contributed by atoms with Crippen molar-refractivity contribution in [1.29, 1.82) is 0 Å². The second-order valence-electron chi connectivity index (χ2n) is 12.9. The monoisotopic (exact) mass is 543 g/mol. The zero-order chi connectivity index (χ0) is 27.9. The number of halogens is 1. The number of likely N-dealkylation sites (tertiary alicyclic amines) is 1. The second-order valence-corrected chi connectivity index (χ2v) is 12.9. The molecule has 1 aromatic rings. The number of morpholine rings is 1. The summed E-state index contributed by atoms with van der Waals surface area (Å²) in [4.78, 5) is 42.9. The number of carbonyl (C=O) groups is 3. The molecule has 3 saturated heterocycles. The summed E-state index contributed by atoms with van der Waals surface area (Å²) in [6.07, 6.45) is 3.83. The molecule has 1 aliphatic carbocycles. The quantitative estimate of drug-likeness (QED) is 0.562. The molecule has 2 amide bonds. The lowest BCUT2D eigenvalue weighted by Crippen LogP contribution is -2.51. The Hall–Kier alpha value is -2.52. The van der Waals surface area contributed by atoms with Crippen LogP contribution in [0.4, 0.5) is 9.18 Å². The third-order valence-corrected chi connectivity index (χ3v) is 9.05. The fourth-order valence-corrected chi connectivity index (χ4v) is 7.14. The van der Waals surface area contributed by atoms with Gasteiger partial charge >= 0.3 is 6.09 Å². The van der Waals surface area contributed by atoms with Crippen molar-refractivity contribution in [2.24, 2.45) is 17.6 Å². The molecule has 3 heterocycles. The lowest BCUT2D eigenvalue weighted by atomic mass is 9.83.